The number of rotatable bonds is 13. The molecular weight excluding hydrogens is 823 g/mol. The smallest absolute Gasteiger partial charge is 0.297 e. The average Bonchev–Trinajstić information content (AvgIpc) is 3.94. The van der Waals surface area contributed by atoms with Gasteiger partial charge in [0.1, 0.15) is 23.8 Å². The van der Waals surface area contributed by atoms with Gasteiger partial charge in [-0.15, -0.1) is 0 Å². The lowest BCUT2D eigenvalue weighted by molar-refractivity contribution is -0.384. The first-order valence-corrected chi connectivity index (χ1v) is 23.2. The molecule has 2 aromatic heterocycles. The third kappa shape index (κ3) is 8.59. The standard InChI is InChI=1S/C47H53N7O8S/c1-29(2)37-8-5-6-9-38(37)40-10-7-17-53(40)34-24-47(25-34)14-18-52(19-15-47)33-11-12-39(42(21-33)62-35-20-31-13-16-48-45(31)49-26-35)46(55)51-63(58,59)36-22-41(54(56)57)44-43(23-36)61-28-32(50-44)27-60-30(3)4/h5-6,8-9,11-13,16,20-23,26,30,32,34,40,50H,1,7,10,14-15,17-19,24-25,27-28H2,2-4H3,(H,48,49)(H,51,55). The second kappa shape index (κ2) is 17.0. The highest BCUT2D eigenvalue weighted by Gasteiger charge is 2.50. The number of ether oxygens (including phenoxy) is 3. The van der Waals surface area contributed by atoms with Crippen molar-refractivity contribution in [3.05, 3.63) is 113 Å². The molecule has 3 fully saturated rings. The summed E-state index contributed by atoms with van der Waals surface area (Å²) in [6, 6.07) is 20.1. The predicted octanol–water partition coefficient (Wildman–Crippen LogP) is 8.60. The fourth-order valence-corrected chi connectivity index (χ4v) is 10.8. The van der Waals surface area contributed by atoms with E-state index in [0.29, 0.717) is 23.5 Å². The molecule has 3 aromatic carbocycles. The Labute approximate surface area is 367 Å². The Balaban J connectivity index is 0.921. The summed E-state index contributed by atoms with van der Waals surface area (Å²) in [7, 11) is -4.65. The number of fused-ring (bicyclic) bond motifs is 2. The molecule has 5 aromatic rings. The van der Waals surface area contributed by atoms with Gasteiger partial charge >= 0.3 is 0 Å². The first-order chi connectivity index (χ1) is 30.3. The van der Waals surface area contributed by atoms with E-state index in [1.54, 1.807) is 30.5 Å². The monoisotopic (exact) mass is 875 g/mol. The number of aromatic amines is 1. The Kier molecular flexibility index (Phi) is 11.4. The number of anilines is 2. The molecule has 1 spiro atoms. The zero-order valence-electron chi connectivity index (χ0n) is 35.8. The number of piperidine rings is 1. The molecule has 1 saturated carbocycles. The number of carbonyl (C=O) groups excluding carboxylic acids is 1. The number of pyridine rings is 1. The number of nitro groups is 1. The summed E-state index contributed by atoms with van der Waals surface area (Å²) >= 11 is 0. The summed E-state index contributed by atoms with van der Waals surface area (Å²) in [5.41, 5.74) is 5.03. The maximum absolute atomic E-state index is 14.0. The molecule has 2 unspecified atom stereocenters. The third-order valence-electron chi connectivity index (χ3n) is 13.1. The fourth-order valence-electron chi connectivity index (χ4n) is 9.85. The van der Waals surface area contributed by atoms with E-state index in [2.05, 4.69) is 67.6 Å². The molecule has 16 heteroatoms. The van der Waals surface area contributed by atoms with Crippen LogP contribution in [0.15, 0.2) is 90.6 Å². The Bertz CT molecular complexity index is 2680. The van der Waals surface area contributed by atoms with E-state index in [1.807, 2.05) is 19.9 Å². The van der Waals surface area contributed by atoms with Crippen LogP contribution in [0.4, 0.5) is 17.1 Å². The number of carbonyl (C=O) groups is 1. The number of nitrogens with one attached hydrogen (secondary N) is 3. The number of hydrogen-bond acceptors (Lipinski definition) is 12. The number of H-pyrrole nitrogens is 1. The van der Waals surface area contributed by atoms with Crippen molar-refractivity contribution >= 4 is 49.6 Å². The topological polar surface area (TPSA) is 181 Å². The number of allylic oxidation sites excluding steroid dienone is 1. The van der Waals surface area contributed by atoms with Gasteiger partial charge in [-0.25, -0.2) is 18.1 Å². The maximum atomic E-state index is 14.0. The van der Waals surface area contributed by atoms with Crippen LogP contribution in [-0.2, 0) is 14.8 Å². The van der Waals surface area contributed by atoms with Crippen molar-refractivity contribution < 1.29 is 32.3 Å². The Hall–Kier alpha value is -5.97. The van der Waals surface area contributed by atoms with Crippen LogP contribution >= 0.6 is 0 Å². The lowest BCUT2D eigenvalue weighted by Crippen LogP contribution is -2.54. The normalized spacial score (nSPS) is 19.9. The Morgan fingerprint density at radius 3 is 2.63 bits per heavy atom. The highest BCUT2D eigenvalue weighted by Crippen LogP contribution is 2.54. The number of nitrogens with zero attached hydrogens (tertiary/aromatic N) is 4. The van der Waals surface area contributed by atoms with Gasteiger partial charge in [0, 0.05) is 60.6 Å². The van der Waals surface area contributed by atoms with Gasteiger partial charge in [-0.3, -0.25) is 19.8 Å². The summed E-state index contributed by atoms with van der Waals surface area (Å²) in [5, 5.41) is 16.0. The van der Waals surface area contributed by atoms with Crippen LogP contribution in [0.5, 0.6) is 17.2 Å². The summed E-state index contributed by atoms with van der Waals surface area (Å²) < 4.78 is 47.6. The molecule has 330 valence electrons. The number of benzene rings is 3. The van der Waals surface area contributed by atoms with Crippen LogP contribution in [0, 0.1) is 15.5 Å². The van der Waals surface area contributed by atoms with Gasteiger partial charge in [-0.05, 0) is 107 Å². The molecule has 1 aliphatic carbocycles. The predicted molar refractivity (Wildman–Crippen MR) is 241 cm³/mol. The van der Waals surface area contributed by atoms with Crippen molar-refractivity contribution in [2.45, 2.75) is 88.4 Å². The van der Waals surface area contributed by atoms with Gasteiger partial charge in [0.15, 0.2) is 11.4 Å². The van der Waals surface area contributed by atoms with Crippen molar-refractivity contribution in [2.24, 2.45) is 5.41 Å². The minimum Gasteiger partial charge on any atom is -0.489 e. The first-order valence-electron chi connectivity index (χ1n) is 21.7. The van der Waals surface area contributed by atoms with Crippen molar-refractivity contribution in [2.75, 3.05) is 43.1 Å². The van der Waals surface area contributed by atoms with E-state index in [4.69, 9.17) is 14.2 Å². The molecule has 2 saturated heterocycles. The van der Waals surface area contributed by atoms with Crippen molar-refractivity contribution in [1.29, 1.82) is 0 Å². The maximum Gasteiger partial charge on any atom is 0.297 e. The quantitative estimate of drug-likeness (QED) is 0.0758. The van der Waals surface area contributed by atoms with Crippen LogP contribution < -0.4 is 24.4 Å². The van der Waals surface area contributed by atoms with E-state index < -0.39 is 37.5 Å². The molecule has 3 N–H and O–H groups in total. The van der Waals surface area contributed by atoms with E-state index >= 15 is 0 Å². The highest BCUT2D eigenvalue weighted by atomic mass is 32.2. The summed E-state index contributed by atoms with van der Waals surface area (Å²) in [5.74, 6) is -0.507. The minimum atomic E-state index is -4.65. The molecule has 3 aliphatic heterocycles. The molecule has 1 amide bonds. The Morgan fingerprint density at radius 1 is 1.08 bits per heavy atom. The van der Waals surface area contributed by atoms with Crippen LogP contribution in [-0.4, -0.2) is 85.2 Å². The molecule has 5 heterocycles. The van der Waals surface area contributed by atoms with Crippen LogP contribution in [0.1, 0.15) is 86.8 Å². The molecule has 9 rings (SSSR count). The van der Waals surface area contributed by atoms with Gasteiger partial charge in [-0.2, -0.15) is 0 Å². The first kappa shape index (κ1) is 42.3. The van der Waals surface area contributed by atoms with Gasteiger partial charge < -0.3 is 29.4 Å². The number of hydrogen-bond donors (Lipinski definition) is 3. The molecule has 2 atom stereocenters. The molecule has 4 aliphatic rings. The van der Waals surface area contributed by atoms with E-state index in [1.165, 1.54) is 49.1 Å². The number of sulfonamides is 1. The van der Waals surface area contributed by atoms with E-state index in [-0.39, 0.29) is 47.5 Å². The number of amides is 1. The average molecular weight is 876 g/mol. The minimum absolute atomic E-state index is 0.0239. The summed E-state index contributed by atoms with van der Waals surface area (Å²) in [4.78, 5) is 37.5. The highest BCUT2D eigenvalue weighted by molar-refractivity contribution is 7.90. The summed E-state index contributed by atoms with van der Waals surface area (Å²) in [6.07, 6.45) is 10.0. The zero-order chi connectivity index (χ0) is 44.0. The molecule has 0 radical (unpaired) electrons. The van der Waals surface area contributed by atoms with Gasteiger partial charge in [0.25, 0.3) is 21.6 Å². The second-order valence-corrected chi connectivity index (χ2v) is 19.4. The second-order valence-electron chi connectivity index (χ2n) is 17.7. The van der Waals surface area contributed by atoms with Crippen molar-refractivity contribution in [3.63, 3.8) is 0 Å². The molecule has 15 nitrogen and oxygen atoms in total. The number of aromatic nitrogens is 2. The zero-order valence-corrected chi connectivity index (χ0v) is 36.6. The van der Waals surface area contributed by atoms with Crippen molar-refractivity contribution in [3.8, 4) is 17.2 Å². The number of nitro benzene ring substituents is 1. The third-order valence-corrected chi connectivity index (χ3v) is 14.4. The van der Waals surface area contributed by atoms with E-state index in [9.17, 15) is 23.3 Å². The lowest BCUT2D eigenvalue weighted by atomic mass is 9.59. The fraction of sp³-hybridized carbons (Fsp3) is 0.404. The molecule has 0 bridgehead atoms. The van der Waals surface area contributed by atoms with Gasteiger partial charge in [-0.1, -0.05) is 36.4 Å². The molecular formula is C47H53N7O8S. The molecule has 63 heavy (non-hydrogen) atoms. The largest absolute Gasteiger partial charge is 0.489 e. The van der Waals surface area contributed by atoms with E-state index in [0.717, 1.165) is 55.2 Å². The van der Waals surface area contributed by atoms with Crippen molar-refractivity contribution in [1.82, 2.24) is 19.6 Å². The van der Waals surface area contributed by atoms with Gasteiger partial charge in [0.05, 0.1) is 40.3 Å². The van der Waals surface area contributed by atoms with Gasteiger partial charge in [0.2, 0.25) is 0 Å². The Morgan fingerprint density at radius 2 is 1.87 bits per heavy atom. The number of likely N-dealkylation sites (tertiary alicyclic amines) is 1. The summed E-state index contributed by atoms with van der Waals surface area (Å²) in [6.45, 7) is 13.2. The van der Waals surface area contributed by atoms with Crippen LogP contribution in [0.3, 0.4) is 0 Å². The van der Waals surface area contributed by atoms with Crippen LogP contribution in [0.25, 0.3) is 16.6 Å². The lowest BCUT2D eigenvalue weighted by Gasteiger charge is -2.56. The SMILES string of the molecule is C=C(C)c1ccccc1C1CCCN1C1CC2(CCN(c3ccc(C(=O)NS(=O)(=O)c4cc5c(c([N+](=O)[O-])c4)NC(COC(C)C)CO5)c(Oc4cnc5[nH]ccc5c4)c3)CC2)C1. The van der Waals surface area contributed by atoms with Crippen LogP contribution in [0.2, 0.25) is 0 Å².